The molecule has 45 heavy (non-hydrogen) atoms. The van der Waals surface area contributed by atoms with Gasteiger partial charge in [0.15, 0.2) is 10.3 Å². The summed E-state index contributed by atoms with van der Waals surface area (Å²) in [7, 11) is 0. The average Bonchev–Trinajstić information content (AvgIpc) is 3.78. The number of rotatable bonds is 12. The Kier molecular flexibility index (Phi) is 10.7. The molecule has 5 rings (SSSR count). The second-order valence-corrected chi connectivity index (χ2v) is 12.7. The molecular weight excluding hydrogens is 638 g/mol. The van der Waals surface area contributed by atoms with Gasteiger partial charge in [0.1, 0.15) is 71.6 Å². The number of nitrogens with zero attached hydrogens (tertiary/aromatic N) is 5. The van der Waals surface area contributed by atoms with Gasteiger partial charge in [-0.15, -0.1) is 5.10 Å². The highest BCUT2D eigenvalue weighted by atomic mass is 32.1. The van der Waals surface area contributed by atoms with Crippen LogP contribution in [0, 0.1) is 6.92 Å². The summed E-state index contributed by atoms with van der Waals surface area (Å²) in [6, 6.07) is 0. The van der Waals surface area contributed by atoms with E-state index in [0.29, 0.717) is 31.4 Å². The van der Waals surface area contributed by atoms with E-state index in [9.17, 15) is 45.6 Å². The fourth-order valence-corrected chi connectivity index (χ4v) is 6.73. The second-order valence-electron chi connectivity index (χ2n) is 10.7. The van der Waals surface area contributed by atoms with E-state index in [1.165, 1.54) is 10.9 Å². The minimum Gasteiger partial charge on any atom is -0.394 e. The van der Waals surface area contributed by atoms with Gasteiger partial charge in [0.05, 0.1) is 49.3 Å². The number of carbonyl (C=O) groups excluding carboxylic acids is 1. The van der Waals surface area contributed by atoms with Crippen LogP contribution < -0.4 is 10.6 Å². The number of aliphatic hydroxyl groups is 8. The van der Waals surface area contributed by atoms with Crippen molar-refractivity contribution in [1.29, 1.82) is 0 Å². The summed E-state index contributed by atoms with van der Waals surface area (Å²) in [5, 5.41) is 94.0. The van der Waals surface area contributed by atoms with Crippen LogP contribution in [0.4, 0.5) is 10.3 Å². The molecule has 10 atom stereocenters. The molecule has 0 aromatic carbocycles. The minimum atomic E-state index is -1.49. The zero-order valence-corrected chi connectivity index (χ0v) is 25.5. The fourth-order valence-electron chi connectivity index (χ4n) is 4.98. The molecule has 2 fully saturated rings. The Morgan fingerprint density at radius 2 is 1.49 bits per heavy atom. The topological polar surface area (TPSA) is 278 Å². The SMILES string of the molecule is Cc1nc(NCc2cn(CC3OC(CO)C(O)C(O)C3O)nn2)sc1C(=O)c1cnc(NCC2OC(CO)C(O)C(O)C2O)s1. The van der Waals surface area contributed by atoms with Crippen LogP contribution in [0.5, 0.6) is 0 Å². The number of hydrogen-bond acceptors (Lipinski definition) is 19. The Balaban J connectivity index is 1.14. The van der Waals surface area contributed by atoms with Crippen molar-refractivity contribution >= 4 is 38.7 Å². The number of aryl methyl sites for hydroxylation is 1. The molecule has 3 aromatic heterocycles. The average molecular weight is 674 g/mol. The maximum absolute atomic E-state index is 13.2. The maximum atomic E-state index is 13.2. The molecule has 2 saturated heterocycles. The molecule has 0 bridgehead atoms. The highest BCUT2D eigenvalue weighted by Gasteiger charge is 2.44. The predicted octanol–water partition coefficient (Wildman–Crippen LogP) is -3.56. The molecule has 0 aliphatic carbocycles. The molecule has 0 saturated carbocycles. The molecule has 10 unspecified atom stereocenters. The van der Waals surface area contributed by atoms with E-state index in [4.69, 9.17) is 9.47 Å². The normalized spacial score (nSPS) is 32.0. The Morgan fingerprint density at radius 3 is 2.16 bits per heavy atom. The van der Waals surface area contributed by atoms with Crippen molar-refractivity contribution in [2.24, 2.45) is 0 Å². The first kappa shape index (κ1) is 33.6. The second kappa shape index (κ2) is 14.4. The largest absolute Gasteiger partial charge is 0.394 e. The number of anilines is 2. The Hall–Kier alpha value is -2.73. The van der Waals surface area contributed by atoms with Crippen molar-refractivity contribution in [3.05, 3.63) is 33.5 Å². The first-order valence-electron chi connectivity index (χ1n) is 14.0. The van der Waals surface area contributed by atoms with Crippen molar-refractivity contribution in [3.8, 4) is 0 Å². The summed E-state index contributed by atoms with van der Waals surface area (Å²) in [6.45, 7) is 0.861. The molecule has 0 amide bonds. The Labute approximate surface area is 263 Å². The van der Waals surface area contributed by atoms with Crippen LogP contribution in [-0.4, -0.2) is 152 Å². The molecule has 10 N–H and O–H groups in total. The Bertz CT molecular complexity index is 1440. The van der Waals surface area contributed by atoms with Gasteiger partial charge in [-0.25, -0.2) is 14.6 Å². The van der Waals surface area contributed by atoms with Crippen LogP contribution in [0.3, 0.4) is 0 Å². The van der Waals surface area contributed by atoms with Gasteiger partial charge in [-0.05, 0) is 6.92 Å². The van der Waals surface area contributed by atoms with E-state index in [-0.39, 0.29) is 25.4 Å². The number of nitrogens with one attached hydrogen (secondary N) is 2. The van der Waals surface area contributed by atoms with Crippen LogP contribution in [0.15, 0.2) is 12.4 Å². The van der Waals surface area contributed by atoms with Crippen molar-refractivity contribution < 1.29 is 55.1 Å². The van der Waals surface area contributed by atoms with Gasteiger partial charge in [-0.1, -0.05) is 27.9 Å². The molecule has 3 aromatic rings. The highest BCUT2D eigenvalue weighted by molar-refractivity contribution is 7.20. The number of aromatic nitrogens is 5. The zero-order valence-electron chi connectivity index (χ0n) is 23.8. The van der Waals surface area contributed by atoms with Crippen LogP contribution in [-0.2, 0) is 22.6 Å². The summed E-state index contributed by atoms with van der Waals surface area (Å²) in [6.07, 6.45) is -9.58. The van der Waals surface area contributed by atoms with E-state index in [1.54, 1.807) is 13.1 Å². The van der Waals surface area contributed by atoms with Gasteiger partial charge in [-0.3, -0.25) is 4.79 Å². The van der Waals surface area contributed by atoms with Crippen molar-refractivity contribution in [3.63, 3.8) is 0 Å². The third-order valence-corrected chi connectivity index (χ3v) is 9.61. The number of ketones is 1. The molecule has 20 heteroatoms. The number of thiazole rings is 2. The van der Waals surface area contributed by atoms with Gasteiger partial charge in [0.2, 0.25) is 5.78 Å². The van der Waals surface area contributed by atoms with E-state index < -0.39 is 74.3 Å². The van der Waals surface area contributed by atoms with Gasteiger partial charge in [0.25, 0.3) is 0 Å². The standard InChI is InChI=1S/C25H35N7O11S2/c1-9-23(20(39)15-4-28-24(44-15)27-3-11-16(35)21(40)18(37)13(7-33)42-11)45-25(29-9)26-2-10-5-32(31-30-10)6-12-17(36)22(41)19(38)14(8-34)43-12/h4-5,11-14,16-19,21-22,33-38,40-41H,2-3,6-8H2,1H3,(H,26,29)(H,27,28). The lowest BCUT2D eigenvalue weighted by Crippen LogP contribution is -2.60. The summed E-state index contributed by atoms with van der Waals surface area (Å²) in [4.78, 5) is 22.6. The van der Waals surface area contributed by atoms with Crippen molar-refractivity contribution in [2.45, 2.75) is 81.1 Å². The third-order valence-electron chi connectivity index (χ3n) is 7.54. The number of carbonyl (C=O) groups is 1. The predicted molar refractivity (Wildman–Crippen MR) is 156 cm³/mol. The molecule has 5 heterocycles. The first-order chi connectivity index (χ1) is 21.5. The quantitative estimate of drug-likeness (QED) is 0.0833. The van der Waals surface area contributed by atoms with Crippen LogP contribution >= 0.6 is 22.7 Å². The van der Waals surface area contributed by atoms with E-state index >= 15 is 0 Å². The van der Waals surface area contributed by atoms with Gasteiger partial charge < -0.3 is 61.0 Å². The lowest BCUT2D eigenvalue weighted by molar-refractivity contribution is -0.232. The van der Waals surface area contributed by atoms with E-state index in [0.717, 1.165) is 22.7 Å². The summed E-state index contributed by atoms with van der Waals surface area (Å²) in [5.74, 6) is -0.290. The molecule has 18 nitrogen and oxygen atoms in total. The molecule has 2 aliphatic heterocycles. The van der Waals surface area contributed by atoms with Gasteiger partial charge in [-0.2, -0.15) is 0 Å². The van der Waals surface area contributed by atoms with Crippen LogP contribution in [0.1, 0.15) is 25.9 Å². The first-order valence-corrected chi connectivity index (χ1v) is 15.6. The number of hydrogen-bond donors (Lipinski definition) is 10. The van der Waals surface area contributed by atoms with Crippen molar-refractivity contribution in [2.75, 3.05) is 30.4 Å². The molecule has 2 aliphatic rings. The molecular formula is C25H35N7O11S2. The lowest BCUT2D eigenvalue weighted by atomic mass is 9.95. The van der Waals surface area contributed by atoms with E-state index in [1.807, 2.05) is 0 Å². The lowest BCUT2D eigenvalue weighted by Gasteiger charge is -2.40. The third kappa shape index (κ3) is 7.32. The van der Waals surface area contributed by atoms with E-state index in [2.05, 4.69) is 30.9 Å². The van der Waals surface area contributed by atoms with Gasteiger partial charge >= 0.3 is 0 Å². The minimum absolute atomic E-state index is 0.00335. The monoisotopic (exact) mass is 673 g/mol. The fraction of sp³-hybridized carbons (Fsp3) is 0.640. The van der Waals surface area contributed by atoms with Crippen molar-refractivity contribution in [1.82, 2.24) is 25.0 Å². The smallest absolute Gasteiger partial charge is 0.216 e. The molecule has 0 radical (unpaired) electrons. The Morgan fingerprint density at radius 1 is 0.867 bits per heavy atom. The summed E-state index contributed by atoms with van der Waals surface area (Å²) in [5.41, 5.74) is 1.01. The maximum Gasteiger partial charge on any atom is 0.216 e. The highest BCUT2D eigenvalue weighted by Crippen LogP contribution is 2.29. The number of aliphatic hydroxyl groups excluding tert-OH is 8. The summed E-state index contributed by atoms with van der Waals surface area (Å²) >= 11 is 2.22. The van der Waals surface area contributed by atoms with Gasteiger partial charge in [0, 0.05) is 6.54 Å². The number of ether oxygens (including phenoxy) is 2. The van der Waals surface area contributed by atoms with Crippen LogP contribution in [0.25, 0.3) is 0 Å². The van der Waals surface area contributed by atoms with Crippen LogP contribution in [0.2, 0.25) is 0 Å². The zero-order chi connectivity index (χ0) is 32.4. The summed E-state index contributed by atoms with van der Waals surface area (Å²) < 4.78 is 12.4. The molecule has 0 spiro atoms. The molecule has 248 valence electrons.